The Balaban J connectivity index is 2.12. The Hall–Kier alpha value is -2.00. The smallest absolute Gasteiger partial charge is 0.250 e. The maximum Gasteiger partial charge on any atom is 0.250 e. The maximum atomic E-state index is 11.2. The summed E-state index contributed by atoms with van der Waals surface area (Å²) in [5, 5.41) is 3.63. The molecule has 0 aromatic heterocycles. The summed E-state index contributed by atoms with van der Waals surface area (Å²) in [6.45, 7) is 4.86. The predicted molar refractivity (Wildman–Crippen MR) is 83.2 cm³/mol. The van der Waals surface area contributed by atoms with E-state index in [9.17, 15) is 4.79 Å². The number of aryl methyl sites for hydroxylation is 2. The normalized spacial score (nSPS) is 10.3. The molecule has 20 heavy (non-hydrogen) atoms. The van der Waals surface area contributed by atoms with E-state index in [1.54, 1.807) is 12.1 Å². The lowest BCUT2D eigenvalue weighted by Crippen LogP contribution is -2.12. The van der Waals surface area contributed by atoms with Crippen LogP contribution in [0.5, 0.6) is 0 Å². The second kappa shape index (κ2) is 5.97. The molecule has 2 rings (SSSR count). The molecule has 0 saturated heterocycles. The third-order valence-electron chi connectivity index (χ3n) is 3.30. The molecule has 4 heteroatoms. The summed E-state index contributed by atoms with van der Waals surface area (Å²) < 4.78 is 0. The van der Waals surface area contributed by atoms with Gasteiger partial charge in [-0.2, -0.15) is 0 Å². The van der Waals surface area contributed by atoms with E-state index in [0.29, 0.717) is 17.1 Å². The summed E-state index contributed by atoms with van der Waals surface area (Å²) >= 11 is 5.92. The van der Waals surface area contributed by atoms with Gasteiger partial charge >= 0.3 is 0 Å². The van der Waals surface area contributed by atoms with Crippen LogP contribution in [0.2, 0.25) is 5.02 Å². The highest BCUT2D eigenvalue weighted by molar-refractivity contribution is 6.33. The number of amides is 1. The van der Waals surface area contributed by atoms with E-state index in [1.807, 2.05) is 6.07 Å². The van der Waals surface area contributed by atoms with Gasteiger partial charge in [0.1, 0.15) is 0 Å². The van der Waals surface area contributed by atoms with Gasteiger partial charge in [-0.1, -0.05) is 29.8 Å². The van der Waals surface area contributed by atoms with E-state index in [1.165, 1.54) is 16.7 Å². The van der Waals surface area contributed by atoms with Gasteiger partial charge in [0.15, 0.2) is 0 Å². The van der Waals surface area contributed by atoms with Crippen LogP contribution in [0, 0.1) is 13.8 Å². The van der Waals surface area contributed by atoms with Crippen LogP contribution in [0.4, 0.5) is 5.69 Å². The van der Waals surface area contributed by atoms with Crippen molar-refractivity contribution in [2.75, 3.05) is 5.32 Å². The third-order valence-corrected chi connectivity index (χ3v) is 3.63. The van der Waals surface area contributed by atoms with Gasteiger partial charge in [0.25, 0.3) is 0 Å². The molecule has 0 heterocycles. The number of rotatable bonds is 4. The molecule has 0 saturated carbocycles. The first-order valence-corrected chi connectivity index (χ1v) is 6.74. The van der Waals surface area contributed by atoms with Crippen LogP contribution in [-0.4, -0.2) is 5.91 Å². The number of anilines is 1. The molecule has 1 amide bonds. The first-order chi connectivity index (χ1) is 9.47. The van der Waals surface area contributed by atoms with Crippen molar-refractivity contribution in [2.24, 2.45) is 5.73 Å². The summed E-state index contributed by atoms with van der Waals surface area (Å²) in [5.74, 6) is -0.523. The van der Waals surface area contributed by atoms with Crippen molar-refractivity contribution in [3.63, 3.8) is 0 Å². The zero-order chi connectivity index (χ0) is 14.7. The number of nitrogens with one attached hydrogen (secondary N) is 1. The Kier molecular flexibility index (Phi) is 4.30. The molecule has 0 spiro atoms. The zero-order valence-corrected chi connectivity index (χ0v) is 12.3. The number of hydrogen-bond acceptors (Lipinski definition) is 2. The number of hydrogen-bond donors (Lipinski definition) is 2. The number of primary amides is 1. The average molecular weight is 289 g/mol. The van der Waals surface area contributed by atoms with Gasteiger partial charge in [-0.25, -0.2) is 0 Å². The molecule has 0 unspecified atom stereocenters. The molecule has 0 bridgehead atoms. The Bertz CT molecular complexity index is 653. The van der Waals surface area contributed by atoms with Gasteiger partial charge in [-0.05, 0) is 48.7 Å². The first-order valence-electron chi connectivity index (χ1n) is 6.36. The summed E-state index contributed by atoms with van der Waals surface area (Å²) in [6.07, 6.45) is 0. The molecular weight excluding hydrogens is 272 g/mol. The number of carbonyl (C=O) groups is 1. The Morgan fingerprint density at radius 2 is 1.90 bits per heavy atom. The van der Waals surface area contributed by atoms with E-state index >= 15 is 0 Å². The van der Waals surface area contributed by atoms with E-state index in [0.717, 1.165) is 5.69 Å². The van der Waals surface area contributed by atoms with E-state index < -0.39 is 5.91 Å². The van der Waals surface area contributed by atoms with Gasteiger partial charge in [0.05, 0.1) is 10.6 Å². The lowest BCUT2D eigenvalue weighted by molar-refractivity contribution is 0.100. The van der Waals surface area contributed by atoms with Crippen molar-refractivity contribution in [1.82, 2.24) is 0 Å². The highest BCUT2D eigenvalue weighted by Crippen LogP contribution is 2.21. The van der Waals surface area contributed by atoms with Crippen LogP contribution in [0.3, 0.4) is 0 Å². The maximum absolute atomic E-state index is 11.2. The van der Waals surface area contributed by atoms with Gasteiger partial charge in [-0.15, -0.1) is 0 Å². The molecule has 0 fully saturated rings. The molecule has 0 atom stereocenters. The second-order valence-electron chi connectivity index (χ2n) is 4.83. The highest BCUT2D eigenvalue weighted by atomic mass is 35.5. The summed E-state index contributed by atoms with van der Waals surface area (Å²) in [6, 6.07) is 11.5. The Morgan fingerprint density at radius 1 is 1.15 bits per heavy atom. The van der Waals surface area contributed by atoms with Crippen LogP contribution < -0.4 is 11.1 Å². The van der Waals surface area contributed by atoms with Gasteiger partial charge < -0.3 is 11.1 Å². The zero-order valence-electron chi connectivity index (χ0n) is 11.5. The SMILES string of the molecule is Cc1ccc(CNc2ccc(Cl)c(C(N)=O)c2)cc1C. The number of nitrogens with two attached hydrogens (primary N) is 1. The van der Waals surface area contributed by atoms with Crippen molar-refractivity contribution in [1.29, 1.82) is 0 Å². The van der Waals surface area contributed by atoms with E-state index in [2.05, 4.69) is 37.4 Å². The van der Waals surface area contributed by atoms with Crippen molar-refractivity contribution in [3.8, 4) is 0 Å². The first kappa shape index (κ1) is 14.4. The third kappa shape index (κ3) is 3.31. The Labute approximate surface area is 123 Å². The Morgan fingerprint density at radius 3 is 2.55 bits per heavy atom. The van der Waals surface area contributed by atoms with E-state index in [-0.39, 0.29) is 0 Å². The van der Waals surface area contributed by atoms with Crippen molar-refractivity contribution in [2.45, 2.75) is 20.4 Å². The molecule has 0 radical (unpaired) electrons. The summed E-state index contributed by atoms with van der Waals surface area (Å²) in [4.78, 5) is 11.2. The predicted octanol–water partition coefficient (Wildman–Crippen LogP) is 3.67. The van der Waals surface area contributed by atoms with E-state index in [4.69, 9.17) is 17.3 Å². The number of halogens is 1. The largest absolute Gasteiger partial charge is 0.381 e. The minimum atomic E-state index is -0.523. The highest BCUT2D eigenvalue weighted by Gasteiger charge is 2.07. The fraction of sp³-hybridized carbons (Fsp3) is 0.188. The molecular formula is C16H17ClN2O. The lowest BCUT2D eigenvalue weighted by Gasteiger charge is -2.10. The fourth-order valence-electron chi connectivity index (χ4n) is 1.94. The van der Waals surface area contributed by atoms with Crippen molar-refractivity contribution < 1.29 is 4.79 Å². The average Bonchev–Trinajstić information content (AvgIpc) is 2.41. The quantitative estimate of drug-likeness (QED) is 0.902. The molecule has 2 aromatic carbocycles. The van der Waals surface area contributed by atoms with Gasteiger partial charge in [-0.3, -0.25) is 4.79 Å². The van der Waals surface area contributed by atoms with Crippen LogP contribution in [0.15, 0.2) is 36.4 Å². The standard InChI is InChI=1S/C16H17ClN2O/c1-10-3-4-12(7-11(10)2)9-19-13-5-6-15(17)14(8-13)16(18)20/h3-8,19H,9H2,1-2H3,(H2,18,20). The lowest BCUT2D eigenvalue weighted by atomic mass is 10.1. The molecule has 104 valence electrons. The topological polar surface area (TPSA) is 55.1 Å². The number of carbonyl (C=O) groups excluding carboxylic acids is 1. The van der Waals surface area contributed by atoms with Crippen molar-refractivity contribution >= 4 is 23.2 Å². The van der Waals surface area contributed by atoms with Gasteiger partial charge in [0.2, 0.25) is 5.91 Å². The second-order valence-corrected chi connectivity index (χ2v) is 5.24. The fourth-order valence-corrected chi connectivity index (χ4v) is 2.15. The van der Waals surface area contributed by atoms with Crippen LogP contribution in [0.1, 0.15) is 27.0 Å². The minimum Gasteiger partial charge on any atom is -0.381 e. The molecule has 0 aliphatic heterocycles. The minimum absolute atomic E-state index is 0.330. The molecule has 0 aliphatic carbocycles. The van der Waals surface area contributed by atoms with Crippen LogP contribution >= 0.6 is 11.6 Å². The summed E-state index contributed by atoms with van der Waals surface area (Å²) in [7, 11) is 0. The molecule has 3 N–H and O–H groups in total. The number of benzene rings is 2. The molecule has 0 aliphatic rings. The van der Waals surface area contributed by atoms with Crippen molar-refractivity contribution in [3.05, 3.63) is 63.7 Å². The van der Waals surface area contributed by atoms with Crippen LogP contribution in [0.25, 0.3) is 0 Å². The molecule has 2 aromatic rings. The van der Waals surface area contributed by atoms with Gasteiger partial charge in [0, 0.05) is 12.2 Å². The monoisotopic (exact) mass is 288 g/mol. The summed E-state index contributed by atoms with van der Waals surface area (Å²) in [5.41, 5.74) is 10.1. The van der Waals surface area contributed by atoms with Crippen LogP contribution in [-0.2, 0) is 6.54 Å². The molecule has 3 nitrogen and oxygen atoms in total.